The summed E-state index contributed by atoms with van der Waals surface area (Å²) >= 11 is 1.50. The fourth-order valence-electron chi connectivity index (χ4n) is 2.10. The van der Waals surface area contributed by atoms with Crippen LogP contribution in [0, 0.1) is 0 Å². The SMILES string of the molecule is CC(=O)Nc1cc(C(=O)NCc2csc(-c3cccnc3)n2)ccn1. The average molecular weight is 353 g/mol. The number of rotatable bonds is 5. The summed E-state index contributed by atoms with van der Waals surface area (Å²) in [6.45, 7) is 1.70. The van der Waals surface area contributed by atoms with E-state index in [0.29, 0.717) is 17.9 Å². The van der Waals surface area contributed by atoms with Gasteiger partial charge >= 0.3 is 0 Å². The summed E-state index contributed by atoms with van der Waals surface area (Å²) in [6.07, 6.45) is 4.94. The van der Waals surface area contributed by atoms with Gasteiger partial charge in [-0.25, -0.2) is 9.97 Å². The van der Waals surface area contributed by atoms with E-state index in [-0.39, 0.29) is 11.8 Å². The summed E-state index contributed by atoms with van der Waals surface area (Å²) in [5.41, 5.74) is 2.13. The van der Waals surface area contributed by atoms with Crippen LogP contribution in [-0.4, -0.2) is 26.8 Å². The molecule has 3 heterocycles. The molecule has 25 heavy (non-hydrogen) atoms. The lowest BCUT2D eigenvalue weighted by atomic mass is 10.2. The number of anilines is 1. The highest BCUT2D eigenvalue weighted by Crippen LogP contribution is 2.22. The molecule has 0 saturated carbocycles. The van der Waals surface area contributed by atoms with Crippen molar-refractivity contribution in [1.29, 1.82) is 0 Å². The molecular formula is C17H15N5O2S. The Hall–Kier alpha value is -3.13. The highest BCUT2D eigenvalue weighted by Gasteiger charge is 2.09. The van der Waals surface area contributed by atoms with Crippen LogP contribution < -0.4 is 10.6 Å². The van der Waals surface area contributed by atoms with E-state index in [1.54, 1.807) is 18.5 Å². The van der Waals surface area contributed by atoms with E-state index in [1.807, 2.05) is 17.5 Å². The third kappa shape index (κ3) is 4.45. The highest BCUT2D eigenvalue weighted by atomic mass is 32.1. The van der Waals surface area contributed by atoms with E-state index in [4.69, 9.17) is 0 Å². The fourth-order valence-corrected chi connectivity index (χ4v) is 2.91. The molecule has 3 aromatic rings. The van der Waals surface area contributed by atoms with Crippen molar-refractivity contribution in [3.05, 3.63) is 59.5 Å². The number of hydrogen-bond donors (Lipinski definition) is 2. The predicted molar refractivity (Wildman–Crippen MR) is 95.1 cm³/mol. The predicted octanol–water partition coefficient (Wildman–Crippen LogP) is 2.49. The second-order valence-corrected chi connectivity index (χ2v) is 6.04. The third-order valence-corrected chi connectivity index (χ3v) is 4.16. The van der Waals surface area contributed by atoms with Crippen molar-refractivity contribution in [3.8, 4) is 10.6 Å². The van der Waals surface area contributed by atoms with Crippen molar-refractivity contribution >= 4 is 29.0 Å². The van der Waals surface area contributed by atoms with Gasteiger partial charge in [-0.2, -0.15) is 0 Å². The minimum absolute atomic E-state index is 0.240. The summed E-state index contributed by atoms with van der Waals surface area (Å²) in [4.78, 5) is 35.9. The maximum absolute atomic E-state index is 12.2. The molecule has 0 spiro atoms. The van der Waals surface area contributed by atoms with Crippen LogP contribution in [0.25, 0.3) is 10.6 Å². The molecule has 126 valence electrons. The van der Waals surface area contributed by atoms with Crippen molar-refractivity contribution < 1.29 is 9.59 Å². The van der Waals surface area contributed by atoms with E-state index in [2.05, 4.69) is 25.6 Å². The molecule has 2 N–H and O–H groups in total. The standard InChI is InChI=1S/C17H15N5O2S/c1-11(23)21-15-7-12(4-6-19-15)16(24)20-9-14-10-25-17(22-14)13-3-2-5-18-8-13/h2-8,10H,9H2,1H3,(H,20,24)(H,19,21,23). The molecule has 0 aliphatic heterocycles. The van der Waals surface area contributed by atoms with E-state index in [9.17, 15) is 9.59 Å². The Bertz CT molecular complexity index is 895. The summed E-state index contributed by atoms with van der Waals surface area (Å²) in [5, 5.41) is 8.11. The average Bonchev–Trinajstić information content (AvgIpc) is 3.09. The van der Waals surface area contributed by atoms with Gasteiger partial charge in [0.2, 0.25) is 5.91 Å². The van der Waals surface area contributed by atoms with Gasteiger partial charge in [0.15, 0.2) is 0 Å². The highest BCUT2D eigenvalue weighted by molar-refractivity contribution is 7.13. The lowest BCUT2D eigenvalue weighted by Crippen LogP contribution is -2.23. The first kappa shape index (κ1) is 16.7. The Morgan fingerprint density at radius 2 is 2.12 bits per heavy atom. The Morgan fingerprint density at radius 1 is 1.24 bits per heavy atom. The van der Waals surface area contributed by atoms with Crippen LogP contribution >= 0.6 is 11.3 Å². The normalized spacial score (nSPS) is 10.3. The Labute approximate surface area is 148 Å². The minimum Gasteiger partial charge on any atom is -0.346 e. The lowest BCUT2D eigenvalue weighted by molar-refractivity contribution is -0.114. The van der Waals surface area contributed by atoms with E-state index in [1.165, 1.54) is 30.5 Å². The summed E-state index contributed by atoms with van der Waals surface area (Å²) in [6, 6.07) is 6.91. The van der Waals surface area contributed by atoms with Crippen LogP contribution in [0.5, 0.6) is 0 Å². The third-order valence-electron chi connectivity index (χ3n) is 3.22. The van der Waals surface area contributed by atoms with Crippen molar-refractivity contribution in [2.24, 2.45) is 0 Å². The van der Waals surface area contributed by atoms with E-state index in [0.717, 1.165) is 16.3 Å². The zero-order valence-electron chi connectivity index (χ0n) is 13.4. The summed E-state index contributed by atoms with van der Waals surface area (Å²) in [5.74, 6) is -0.159. The maximum Gasteiger partial charge on any atom is 0.251 e. The molecule has 3 aromatic heterocycles. The maximum atomic E-state index is 12.2. The van der Waals surface area contributed by atoms with Gasteiger partial charge in [0.05, 0.1) is 12.2 Å². The van der Waals surface area contributed by atoms with Crippen LogP contribution in [0.4, 0.5) is 5.82 Å². The Kier molecular flexibility index (Phi) is 5.10. The Morgan fingerprint density at radius 3 is 2.88 bits per heavy atom. The second kappa shape index (κ2) is 7.63. The van der Waals surface area contributed by atoms with Gasteiger partial charge < -0.3 is 10.6 Å². The molecule has 3 rings (SSSR count). The van der Waals surface area contributed by atoms with Crippen LogP contribution in [0.1, 0.15) is 23.0 Å². The number of nitrogens with zero attached hydrogens (tertiary/aromatic N) is 3. The Balaban J connectivity index is 1.63. The van der Waals surface area contributed by atoms with Crippen LogP contribution in [0.3, 0.4) is 0 Å². The van der Waals surface area contributed by atoms with E-state index >= 15 is 0 Å². The van der Waals surface area contributed by atoms with Gasteiger partial charge in [-0.3, -0.25) is 14.6 Å². The smallest absolute Gasteiger partial charge is 0.251 e. The first-order chi connectivity index (χ1) is 12.1. The molecule has 0 fully saturated rings. The largest absolute Gasteiger partial charge is 0.346 e. The molecule has 7 nitrogen and oxygen atoms in total. The van der Waals surface area contributed by atoms with Gasteiger partial charge in [0, 0.05) is 42.0 Å². The number of pyridine rings is 2. The molecule has 8 heteroatoms. The molecule has 0 saturated heterocycles. The first-order valence-electron chi connectivity index (χ1n) is 7.48. The van der Waals surface area contributed by atoms with Crippen molar-refractivity contribution in [2.75, 3.05) is 5.32 Å². The monoisotopic (exact) mass is 353 g/mol. The molecule has 0 atom stereocenters. The van der Waals surface area contributed by atoms with Gasteiger partial charge in [-0.15, -0.1) is 11.3 Å². The number of amides is 2. The fraction of sp³-hybridized carbons (Fsp3) is 0.118. The van der Waals surface area contributed by atoms with Gasteiger partial charge in [-0.05, 0) is 24.3 Å². The minimum atomic E-state index is -0.259. The van der Waals surface area contributed by atoms with Crippen molar-refractivity contribution in [1.82, 2.24) is 20.3 Å². The summed E-state index contributed by atoms with van der Waals surface area (Å²) in [7, 11) is 0. The van der Waals surface area contributed by atoms with Gasteiger partial charge in [0.1, 0.15) is 10.8 Å². The van der Waals surface area contributed by atoms with Crippen LogP contribution in [-0.2, 0) is 11.3 Å². The zero-order chi connectivity index (χ0) is 17.6. The quantitative estimate of drug-likeness (QED) is 0.734. The number of nitrogens with one attached hydrogen (secondary N) is 2. The number of carbonyl (C=O) groups is 2. The van der Waals surface area contributed by atoms with Gasteiger partial charge in [0.25, 0.3) is 5.91 Å². The van der Waals surface area contributed by atoms with E-state index < -0.39 is 0 Å². The number of aromatic nitrogens is 3. The molecule has 0 unspecified atom stereocenters. The second-order valence-electron chi connectivity index (χ2n) is 5.18. The molecule has 0 aliphatic carbocycles. The number of carbonyl (C=O) groups excluding carboxylic acids is 2. The van der Waals surface area contributed by atoms with Crippen LogP contribution in [0.2, 0.25) is 0 Å². The molecule has 2 amide bonds. The van der Waals surface area contributed by atoms with Crippen molar-refractivity contribution in [2.45, 2.75) is 13.5 Å². The van der Waals surface area contributed by atoms with Crippen LogP contribution in [0.15, 0.2) is 48.2 Å². The zero-order valence-corrected chi connectivity index (χ0v) is 14.2. The number of hydrogen-bond acceptors (Lipinski definition) is 6. The molecule has 0 radical (unpaired) electrons. The topological polar surface area (TPSA) is 96.9 Å². The van der Waals surface area contributed by atoms with Gasteiger partial charge in [-0.1, -0.05) is 0 Å². The van der Waals surface area contributed by atoms with Crippen molar-refractivity contribution in [3.63, 3.8) is 0 Å². The lowest BCUT2D eigenvalue weighted by Gasteiger charge is -2.05. The number of thiazole rings is 1. The first-order valence-corrected chi connectivity index (χ1v) is 8.36. The summed E-state index contributed by atoms with van der Waals surface area (Å²) < 4.78 is 0. The molecular weight excluding hydrogens is 338 g/mol. The molecule has 0 aromatic carbocycles. The molecule has 0 bridgehead atoms. The molecule has 0 aliphatic rings.